The van der Waals surface area contributed by atoms with E-state index in [1.54, 1.807) is 7.11 Å². The number of carbonyl (C=O) groups excluding carboxylic acids is 1. The second-order valence-electron chi connectivity index (χ2n) is 8.38. The van der Waals surface area contributed by atoms with Crippen molar-refractivity contribution in [2.24, 2.45) is 0 Å². The van der Waals surface area contributed by atoms with Crippen LogP contribution < -0.4 is 15.0 Å². The molecular weight excluding hydrogens is 410 g/mol. The molecule has 1 saturated carbocycles. The predicted molar refractivity (Wildman–Crippen MR) is 124 cm³/mol. The maximum Gasteiger partial charge on any atom is 0.232 e. The highest BCUT2D eigenvalue weighted by atomic mass is 32.2. The van der Waals surface area contributed by atoms with Gasteiger partial charge in [0.1, 0.15) is 5.75 Å². The van der Waals surface area contributed by atoms with E-state index in [1.807, 2.05) is 28.8 Å². The first-order chi connectivity index (χ1) is 15.3. The molecule has 1 N–H and O–H groups in total. The first-order valence-corrected chi connectivity index (χ1v) is 12.5. The van der Waals surface area contributed by atoms with Crippen LogP contribution in [0.2, 0.25) is 0 Å². The van der Waals surface area contributed by atoms with E-state index in [2.05, 4.69) is 20.4 Å². The van der Waals surface area contributed by atoms with Crippen LogP contribution >= 0.6 is 11.8 Å². The van der Waals surface area contributed by atoms with Gasteiger partial charge < -0.3 is 15.0 Å². The highest BCUT2D eigenvalue weighted by Crippen LogP contribution is 2.32. The average molecular weight is 444 g/mol. The minimum Gasteiger partial charge on any atom is -0.495 e. The van der Waals surface area contributed by atoms with Crippen LogP contribution in [0.25, 0.3) is 5.69 Å². The van der Waals surface area contributed by atoms with Crippen LogP contribution in [0.3, 0.4) is 0 Å². The monoisotopic (exact) mass is 443 g/mol. The Hall–Kier alpha value is -2.22. The van der Waals surface area contributed by atoms with E-state index in [0.717, 1.165) is 61.3 Å². The molecule has 31 heavy (non-hydrogen) atoms. The summed E-state index contributed by atoms with van der Waals surface area (Å²) in [6.45, 7) is 1.94. The van der Waals surface area contributed by atoms with Gasteiger partial charge in [-0.2, -0.15) is 0 Å². The van der Waals surface area contributed by atoms with E-state index in [0.29, 0.717) is 11.8 Å². The van der Waals surface area contributed by atoms with E-state index in [9.17, 15) is 4.79 Å². The molecule has 1 aromatic heterocycles. The molecule has 1 aliphatic heterocycles. The smallest absolute Gasteiger partial charge is 0.232 e. The number of piperidine rings is 1. The molecule has 8 heteroatoms. The number of hydrogen-bond acceptors (Lipinski definition) is 6. The van der Waals surface area contributed by atoms with Crippen molar-refractivity contribution in [1.82, 2.24) is 20.1 Å². The van der Waals surface area contributed by atoms with Gasteiger partial charge in [-0.1, -0.05) is 49.6 Å². The standard InChI is InChI=1S/C23H33N5O2S/c1-30-20-14-8-7-13-19(20)28-22(27-15-9-4-10-16-27)25-26-23(28)31-17-21(29)24-18-11-5-2-3-6-12-18/h7-8,13-14,18H,2-6,9-12,15-17H2,1H3,(H,24,29). The molecule has 2 aromatic rings. The van der Waals surface area contributed by atoms with Gasteiger partial charge in [-0.25, -0.2) is 0 Å². The number of hydrogen-bond donors (Lipinski definition) is 1. The van der Waals surface area contributed by atoms with Gasteiger partial charge in [0.05, 0.1) is 18.6 Å². The Kier molecular flexibility index (Phi) is 7.72. The van der Waals surface area contributed by atoms with Crippen molar-refractivity contribution in [3.8, 4) is 11.4 Å². The van der Waals surface area contributed by atoms with Gasteiger partial charge >= 0.3 is 0 Å². The van der Waals surface area contributed by atoms with E-state index in [1.165, 1.54) is 43.9 Å². The summed E-state index contributed by atoms with van der Waals surface area (Å²) >= 11 is 1.44. The van der Waals surface area contributed by atoms with Crippen LogP contribution in [0, 0.1) is 0 Å². The van der Waals surface area contributed by atoms with Crippen LogP contribution in [-0.4, -0.2) is 52.7 Å². The van der Waals surface area contributed by atoms with Gasteiger partial charge in [-0.3, -0.25) is 9.36 Å². The molecule has 2 aliphatic rings. The number of para-hydroxylation sites is 2. The Morgan fingerprint density at radius 3 is 2.52 bits per heavy atom. The summed E-state index contributed by atoms with van der Waals surface area (Å²) in [5, 5.41) is 13.0. The lowest BCUT2D eigenvalue weighted by molar-refractivity contribution is -0.119. The van der Waals surface area contributed by atoms with Crippen LogP contribution in [0.5, 0.6) is 5.75 Å². The van der Waals surface area contributed by atoms with Crippen LogP contribution in [0.4, 0.5) is 5.95 Å². The third-order valence-corrected chi connectivity index (χ3v) is 7.06. The number of carbonyl (C=O) groups is 1. The molecule has 0 spiro atoms. The number of anilines is 1. The zero-order chi connectivity index (χ0) is 21.5. The lowest BCUT2D eigenvalue weighted by Crippen LogP contribution is -2.35. The number of nitrogens with zero attached hydrogens (tertiary/aromatic N) is 4. The molecule has 2 heterocycles. The lowest BCUT2D eigenvalue weighted by Gasteiger charge is -2.28. The zero-order valence-corrected chi connectivity index (χ0v) is 19.2. The van der Waals surface area contributed by atoms with Crippen molar-refractivity contribution in [3.05, 3.63) is 24.3 Å². The number of nitrogens with one attached hydrogen (secondary N) is 1. The fourth-order valence-corrected chi connectivity index (χ4v) is 5.25. The second kappa shape index (κ2) is 10.9. The largest absolute Gasteiger partial charge is 0.495 e. The van der Waals surface area contributed by atoms with Gasteiger partial charge in [0, 0.05) is 19.1 Å². The third kappa shape index (κ3) is 5.53. The van der Waals surface area contributed by atoms with Crippen LogP contribution in [0.1, 0.15) is 57.8 Å². The second-order valence-corrected chi connectivity index (χ2v) is 9.32. The minimum atomic E-state index is 0.0750. The fraction of sp³-hybridized carbons (Fsp3) is 0.609. The minimum absolute atomic E-state index is 0.0750. The van der Waals surface area contributed by atoms with Crippen molar-refractivity contribution >= 4 is 23.6 Å². The summed E-state index contributed by atoms with van der Waals surface area (Å²) in [5.74, 6) is 2.01. The third-order valence-electron chi connectivity index (χ3n) is 6.13. The maximum atomic E-state index is 12.7. The average Bonchev–Trinajstić information content (AvgIpc) is 3.07. The number of rotatable bonds is 7. The Balaban J connectivity index is 1.52. The van der Waals surface area contributed by atoms with Crippen molar-refractivity contribution < 1.29 is 9.53 Å². The molecule has 0 atom stereocenters. The molecule has 1 aliphatic carbocycles. The quantitative estimate of drug-likeness (QED) is 0.511. The van der Waals surface area contributed by atoms with Crippen molar-refractivity contribution in [2.75, 3.05) is 30.9 Å². The zero-order valence-electron chi connectivity index (χ0n) is 18.4. The van der Waals surface area contributed by atoms with Crippen LogP contribution in [-0.2, 0) is 4.79 Å². The summed E-state index contributed by atoms with van der Waals surface area (Å²) < 4.78 is 7.67. The Labute approximate surface area is 188 Å². The van der Waals surface area contributed by atoms with Crippen LogP contribution in [0.15, 0.2) is 29.4 Å². The van der Waals surface area contributed by atoms with Gasteiger partial charge in [-0.05, 0) is 44.2 Å². The van der Waals surface area contributed by atoms with Crippen molar-refractivity contribution in [1.29, 1.82) is 0 Å². The number of thioether (sulfide) groups is 1. The summed E-state index contributed by atoms with van der Waals surface area (Å²) in [6, 6.07) is 8.23. The number of aromatic nitrogens is 3. The molecular formula is C23H33N5O2S. The molecule has 0 unspecified atom stereocenters. The number of benzene rings is 1. The molecule has 1 saturated heterocycles. The topological polar surface area (TPSA) is 72.3 Å². The summed E-state index contributed by atoms with van der Waals surface area (Å²) in [4.78, 5) is 14.9. The van der Waals surface area contributed by atoms with Crippen molar-refractivity contribution in [2.45, 2.75) is 69.0 Å². The van der Waals surface area contributed by atoms with E-state index >= 15 is 0 Å². The molecule has 0 bridgehead atoms. The van der Waals surface area contributed by atoms with Gasteiger partial charge in [-0.15, -0.1) is 10.2 Å². The molecule has 4 rings (SSSR count). The van der Waals surface area contributed by atoms with Crippen molar-refractivity contribution in [3.63, 3.8) is 0 Å². The molecule has 0 radical (unpaired) electrons. The molecule has 2 fully saturated rings. The van der Waals surface area contributed by atoms with E-state index in [-0.39, 0.29) is 5.91 Å². The molecule has 168 valence electrons. The Bertz CT molecular complexity index is 857. The first kappa shape index (κ1) is 22.0. The summed E-state index contributed by atoms with van der Waals surface area (Å²) in [5.41, 5.74) is 0.905. The highest BCUT2D eigenvalue weighted by molar-refractivity contribution is 7.99. The summed E-state index contributed by atoms with van der Waals surface area (Å²) in [7, 11) is 1.68. The number of amides is 1. The lowest BCUT2D eigenvalue weighted by atomic mass is 10.1. The maximum absolute atomic E-state index is 12.7. The highest BCUT2D eigenvalue weighted by Gasteiger charge is 2.24. The fourth-order valence-electron chi connectivity index (χ4n) is 4.50. The van der Waals surface area contributed by atoms with Gasteiger partial charge in [0.15, 0.2) is 5.16 Å². The Morgan fingerprint density at radius 1 is 1.06 bits per heavy atom. The van der Waals surface area contributed by atoms with Gasteiger partial charge in [0.25, 0.3) is 0 Å². The van der Waals surface area contributed by atoms with Gasteiger partial charge in [0.2, 0.25) is 11.9 Å². The molecule has 1 aromatic carbocycles. The van der Waals surface area contributed by atoms with E-state index in [4.69, 9.17) is 4.74 Å². The molecule has 7 nitrogen and oxygen atoms in total. The number of ether oxygens (including phenoxy) is 1. The number of methoxy groups -OCH3 is 1. The predicted octanol–water partition coefficient (Wildman–Crippen LogP) is 4.20. The van der Waals surface area contributed by atoms with E-state index < -0.39 is 0 Å². The Morgan fingerprint density at radius 2 is 1.77 bits per heavy atom. The summed E-state index contributed by atoms with van der Waals surface area (Å²) in [6.07, 6.45) is 10.7. The molecule has 1 amide bonds. The normalized spacial score (nSPS) is 17.9. The SMILES string of the molecule is COc1ccccc1-n1c(SCC(=O)NC2CCCCCC2)nnc1N1CCCCC1. The first-order valence-electron chi connectivity index (χ1n) is 11.5.